The van der Waals surface area contributed by atoms with Crippen molar-refractivity contribution in [2.24, 2.45) is 5.92 Å². The second kappa shape index (κ2) is 5.43. The van der Waals surface area contributed by atoms with Crippen LogP contribution in [0.4, 0.5) is 0 Å². The summed E-state index contributed by atoms with van der Waals surface area (Å²) >= 11 is 0. The van der Waals surface area contributed by atoms with Crippen LogP contribution in [0.5, 0.6) is 0 Å². The lowest BCUT2D eigenvalue weighted by Crippen LogP contribution is -2.28. The zero-order chi connectivity index (χ0) is 12.4. The van der Waals surface area contributed by atoms with Gasteiger partial charge >= 0.3 is 0 Å². The summed E-state index contributed by atoms with van der Waals surface area (Å²) in [5.74, 6) is 0.886. The van der Waals surface area contributed by atoms with Crippen molar-refractivity contribution < 1.29 is 0 Å². The van der Waals surface area contributed by atoms with Gasteiger partial charge in [0.2, 0.25) is 0 Å². The fourth-order valence-electron chi connectivity index (χ4n) is 3.82. The van der Waals surface area contributed by atoms with Gasteiger partial charge in [-0.3, -0.25) is 0 Å². The van der Waals surface area contributed by atoms with E-state index in [2.05, 4.69) is 28.1 Å². The summed E-state index contributed by atoms with van der Waals surface area (Å²) in [6.07, 6.45) is 11.7. The van der Waals surface area contributed by atoms with Crippen LogP contribution in [0.3, 0.4) is 0 Å². The zero-order valence-electron chi connectivity index (χ0n) is 11.5. The number of hydrogen-bond acceptors (Lipinski definition) is 2. The molecule has 100 valence electrons. The van der Waals surface area contributed by atoms with Crippen molar-refractivity contribution in [3.63, 3.8) is 0 Å². The number of nitrogens with one attached hydrogen (secondary N) is 1. The number of imidazole rings is 1. The van der Waals surface area contributed by atoms with Gasteiger partial charge in [0.15, 0.2) is 0 Å². The van der Waals surface area contributed by atoms with E-state index in [1.54, 1.807) is 0 Å². The van der Waals surface area contributed by atoms with E-state index in [0.29, 0.717) is 6.04 Å². The van der Waals surface area contributed by atoms with Gasteiger partial charge in [0.05, 0.1) is 12.0 Å². The molecule has 3 nitrogen and oxygen atoms in total. The molecule has 1 aromatic heterocycles. The molecule has 1 atom stereocenters. The molecule has 18 heavy (non-hydrogen) atoms. The molecule has 0 spiro atoms. The number of rotatable bonds is 3. The van der Waals surface area contributed by atoms with Crippen LogP contribution in [0.25, 0.3) is 0 Å². The minimum atomic E-state index is 0.694. The Hall–Kier alpha value is -0.830. The number of aromatic nitrogens is 2. The van der Waals surface area contributed by atoms with E-state index in [9.17, 15) is 0 Å². The molecule has 1 N–H and O–H groups in total. The molecule has 0 aromatic carbocycles. The van der Waals surface area contributed by atoms with Crippen molar-refractivity contribution in [3.8, 4) is 0 Å². The molecule has 1 aromatic rings. The quantitative estimate of drug-likeness (QED) is 0.889. The van der Waals surface area contributed by atoms with E-state index >= 15 is 0 Å². The van der Waals surface area contributed by atoms with Gasteiger partial charge in [0.25, 0.3) is 0 Å². The number of fused-ring (bicyclic) bond motifs is 1. The van der Waals surface area contributed by atoms with Crippen LogP contribution in [0.15, 0.2) is 6.33 Å². The highest BCUT2D eigenvalue weighted by molar-refractivity contribution is 5.17. The Morgan fingerprint density at radius 1 is 1.39 bits per heavy atom. The lowest BCUT2D eigenvalue weighted by molar-refractivity contribution is 0.238. The van der Waals surface area contributed by atoms with Crippen molar-refractivity contribution in [1.82, 2.24) is 14.9 Å². The molecule has 1 unspecified atom stereocenters. The Morgan fingerprint density at radius 2 is 2.22 bits per heavy atom. The molecule has 3 heteroatoms. The first-order valence-electron chi connectivity index (χ1n) is 7.65. The molecule has 0 amide bonds. The summed E-state index contributed by atoms with van der Waals surface area (Å²) in [5.41, 5.74) is 2.79. The average Bonchev–Trinajstić information content (AvgIpc) is 2.85. The molecule has 1 saturated carbocycles. The van der Waals surface area contributed by atoms with Crippen LogP contribution >= 0.6 is 0 Å². The molecular weight excluding hydrogens is 222 g/mol. The maximum atomic E-state index is 4.62. The highest BCUT2D eigenvalue weighted by atomic mass is 15.1. The third-order valence-corrected chi connectivity index (χ3v) is 4.78. The second-order valence-electron chi connectivity index (χ2n) is 5.85. The molecule has 0 saturated heterocycles. The lowest BCUT2D eigenvalue weighted by atomic mass is 9.82. The van der Waals surface area contributed by atoms with E-state index in [-0.39, 0.29) is 0 Å². The van der Waals surface area contributed by atoms with E-state index in [0.717, 1.165) is 25.4 Å². The monoisotopic (exact) mass is 247 g/mol. The largest absolute Gasteiger partial charge is 0.331 e. The first-order valence-corrected chi connectivity index (χ1v) is 7.65. The molecule has 2 aliphatic rings. The van der Waals surface area contributed by atoms with Crippen molar-refractivity contribution >= 4 is 0 Å². The summed E-state index contributed by atoms with van der Waals surface area (Å²) in [4.78, 5) is 4.62. The Bertz CT molecular complexity index is 390. The molecule has 0 bridgehead atoms. The maximum absolute atomic E-state index is 4.62. The number of nitrogens with zero attached hydrogens (tertiary/aromatic N) is 2. The zero-order valence-corrected chi connectivity index (χ0v) is 11.5. The summed E-state index contributed by atoms with van der Waals surface area (Å²) < 4.78 is 2.52. The highest BCUT2D eigenvalue weighted by Gasteiger charge is 2.26. The Morgan fingerprint density at radius 3 is 3.00 bits per heavy atom. The standard InChI is InChI=1S/C15H25N3/c1-2-14(12-6-4-3-5-7-12)18-11-17-13-10-16-9-8-15(13)18/h11-12,14,16H,2-10H2,1H3. The minimum absolute atomic E-state index is 0.694. The third kappa shape index (κ3) is 2.20. The van der Waals surface area contributed by atoms with Crippen LogP contribution in [0.1, 0.15) is 62.9 Å². The van der Waals surface area contributed by atoms with Gasteiger partial charge in [0, 0.05) is 31.2 Å². The van der Waals surface area contributed by atoms with Crippen LogP contribution in [0, 0.1) is 5.92 Å². The predicted molar refractivity (Wildman–Crippen MR) is 73.5 cm³/mol. The SMILES string of the molecule is CCC(C1CCCCC1)n1cnc2c1CCNC2. The first kappa shape index (κ1) is 12.2. The van der Waals surface area contributed by atoms with E-state index in [1.807, 2.05) is 0 Å². The Kier molecular flexibility index (Phi) is 3.69. The normalized spacial score (nSPS) is 22.7. The Balaban J connectivity index is 1.84. The van der Waals surface area contributed by atoms with Gasteiger partial charge in [-0.25, -0.2) is 4.98 Å². The van der Waals surface area contributed by atoms with Gasteiger partial charge in [0.1, 0.15) is 0 Å². The van der Waals surface area contributed by atoms with E-state index in [4.69, 9.17) is 0 Å². The van der Waals surface area contributed by atoms with E-state index < -0.39 is 0 Å². The maximum Gasteiger partial charge on any atom is 0.0954 e. The van der Waals surface area contributed by atoms with Gasteiger partial charge in [-0.1, -0.05) is 26.2 Å². The molecular formula is C15H25N3. The lowest BCUT2D eigenvalue weighted by Gasteiger charge is -2.32. The van der Waals surface area contributed by atoms with Crippen LogP contribution in [0.2, 0.25) is 0 Å². The van der Waals surface area contributed by atoms with E-state index in [1.165, 1.54) is 49.9 Å². The summed E-state index contributed by atoms with van der Waals surface area (Å²) in [5, 5.41) is 3.41. The average molecular weight is 247 g/mol. The van der Waals surface area contributed by atoms with Crippen molar-refractivity contribution in [2.45, 2.75) is 64.5 Å². The third-order valence-electron chi connectivity index (χ3n) is 4.78. The Labute approximate surface area is 110 Å². The molecule has 1 aliphatic carbocycles. The van der Waals surface area contributed by atoms with Gasteiger partial charge in [-0.15, -0.1) is 0 Å². The van der Waals surface area contributed by atoms with Crippen LogP contribution < -0.4 is 5.32 Å². The molecule has 0 radical (unpaired) electrons. The first-order chi connectivity index (χ1) is 8.90. The highest BCUT2D eigenvalue weighted by Crippen LogP contribution is 2.36. The fourth-order valence-corrected chi connectivity index (χ4v) is 3.82. The predicted octanol–water partition coefficient (Wildman–Crippen LogP) is 3.06. The van der Waals surface area contributed by atoms with Crippen molar-refractivity contribution in [2.75, 3.05) is 6.54 Å². The smallest absolute Gasteiger partial charge is 0.0954 e. The number of hydrogen-bond donors (Lipinski definition) is 1. The molecule has 1 fully saturated rings. The summed E-state index contributed by atoms with van der Waals surface area (Å²) in [6, 6.07) is 0.694. The second-order valence-corrected chi connectivity index (χ2v) is 5.85. The van der Waals surface area contributed by atoms with Gasteiger partial charge in [-0.2, -0.15) is 0 Å². The van der Waals surface area contributed by atoms with Crippen molar-refractivity contribution in [1.29, 1.82) is 0 Å². The minimum Gasteiger partial charge on any atom is -0.331 e. The van der Waals surface area contributed by atoms with Crippen molar-refractivity contribution in [3.05, 3.63) is 17.7 Å². The van der Waals surface area contributed by atoms with Crippen LogP contribution in [-0.4, -0.2) is 16.1 Å². The van der Waals surface area contributed by atoms with Crippen LogP contribution in [-0.2, 0) is 13.0 Å². The molecule has 3 rings (SSSR count). The van der Waals surface area contributed by atoms with Gasteiger partial charge < -0.3 is 9.88 Å². The molecule has 1 aliphatic heterocycles. The summed E-state index contributed by atoms with van der Waals surface area (Å²) in [7, 11) is 0. The topological polar surface area (TPSA) is 29.9 Å². The fraction of sp³-hybridized carbons (Fsp3) is 0.800. The summed E-state index contributed by atoms with van der Waals surface area (Å²) in [6.45, 7) is 4.41. The van der Waals surface area contributed by atoms with Gasteiger partial charge in [-0.05, 0) is 25.2 Å². The molecule has 2 heterocycles.